The van der Waals surface area contributed by atoms with Crippen molar-refractivity contribution in [2.24, 2.45) is 13.0 Å². The molecule has 0 saturated heterocycles. The number of benzene rings is 1. The van der Waals surface area contributed by atoms with E-state index < -0.39 is 0 Å². The summed E-state index contributed by atoms with van der Waals surface area (Å²) in [6, 6.07) is 10.5. The molecule has 6 heteroatoms. The zero-order valence-corrected chi connectivity index (χ0v) is 13.8. The summed E-state index contributed by atoms with van der Waals surface area (Å²) >= 11 is 0. The number of aryl methyl sites for hydroxylation is 1. The zero-order chi connectivity index (χ0) is 16.5. The molecule has 4 rings (SSSR count). The van der Waals surface area contributed by atoms with Gasteiger partial charge in [0.2, 0.25) is 0 Å². The van der Waals surface area contributed by atoms with E-state index in [0.29, 0.717) is 5.92 Å². The van der Waals surface area contributed by atoms with Crippen LogP contribution in [0, 0.1) is 5.92 Å². The minimum atomic E-state index is -0.276. The fraction of sp³-hybridized carbons (Fsp3) is 0.444. The number of rotatable bonds is 5. The monoisotopic (exact) mass is 325 g/mol. The number of aliphatic hydroxyl groups is 1. The smallest absolute Gasteiger partial charge is 0.135 e. The number of aliphatic hydroxyl groups excluding tert-OH is 1. The van der Waals surface area contributed by atoms with Crippen molar-refractivity contribution in [2.45, 2.75) is 31.4 Å². The highest BCUT2D eigenvalue weighted by Crippen LogP contribution is 2.37. The summed E-state index contributed by atoms with van der Waals surface area (Å²) in [6.45, 7) is 1.59. The van der Waals surface area contributed by atoms with Gasteiger partial charge in [-0.25, -0.2) is 0 Å². The Balaban J connectivity index is 1.33. The molecule has 3 N–H and O–H groups in total. The molecule has 2 heterocycles. The summed E-state index contributed by atoms with van der Waals surface area (Å²) < 4.78 is 1.96. The highest BCUT2D eigenvalue weighted by molar-refractivity contribution is 5.80. The van der Waals surface area contributed by atoms with Crippen LogP contribution in [0.1, 0.15) is 30.3 Å². The van der Waals surface area contributed by atoms with Crippen molar-refractivity contribution in [3.8, 4) is 0 Å². The second kappa shape index (κ2) is 6.37. The van der Waals surface area contributed by atoms with Gasteiger partial charge < -0.3 is 20.0 Å². The number of nitrogens with zero attached hydrogens (tertiary/aromatic N) is 3. The summed E-state index contributed by atoms with van der Waals surface area (Å²) in [7, 11) is 1.96. The highest BCUT2D eigenvalue weighted by atomic mass is 16.3. The Hall–Kier alpha value is -2.18. The summed E-state index contributed by atoms with van der Waals surface area (Å²) in [5.74, 6) is 1.54. The molecule has 3 atom stereocenters. The van der Waals surface area contributed by atoms with Crippen LogP contribution in [-0.4, -0.2) is 37.5 Å². The van der Waals surface area contributed by atoms with Gasteiger partial charge in [-0.15, -0.1) is 10.2 Å². The van der Waals surface area contributed by atoms with Crippen molar-refractivity contribution in [2.75, 3.05) is 6.54 Å². The van der Waals surface area contributed by atoms with Crippen molar-refractivity contribution in [1.82, 2.24) is 25.1 Å². The third kappa shape index (κ3) is 2.95. The van der Waals surface area contributed by atoms with E-state index in [2.05, 4.69) is 44.8 Å². The zero-order valence-electron chi connectivity index (χ0n) is 13.8. The number of hydrogen-bond acceptors (Lipinski definition) is 4. The molecule has 6 nitrogen and oxygen atoms in total. The van der Waals surface area contributed by atoms with Gasteiger partial charge in [0.25, 0.3) is 0 Å². The molecule has 1 aliphatic rings. The van der Waals surface area contributed by atoms with Gasteiger partial charge in [-0.1, -0.05) is 18.2 Å². The van der Waals surface area contributed by atoms with Gasteiger partial charge in [0.05, 0.1) is 6.10 Å². The molecule has 0 radical (unpaired) electrons. The van der Waals surface area contributed by atoms with Gasteiger partial charge in [-0.2, -0.15) is 0 Å². The van der Waals surface area contributed by atoms with Gasteiger partial charge in [0.1, 0.15) is 12.2 Å². The lowest BCUT2D eigenvalue weighted by Gasteiger charge is -2.14. The maximum absolute atomic E-state index is 10.4. The Morgan fingerprint density at radius 2 is 2.21 bits per heavy atom. The van der Waals surface area contributed by atoms with Crippen molar-refractivity contribution < 1.29 is 5.11 Å². The molecule has 1 fully saturated rings. The van der Waals surface area contributed by atoms with Crippen LogP contribution < -0.4 is 5.32 Å². The van der Waals surface area contributed by atoms with Crippen LogP contribution in [0.2, 0.25) is 0 Å². The van der Waals surface area contributed by atoms with E-state index in [-0.39, 0.29) is 12.0 Å². The predicted octanol–water partition coefficient (Wildman–Crippen LogP) is 1.94. The molecule has 1 aromatic carbocycles. The Morgan fingerprint density at radius 1 is 1.33 bits per heavy atom. The molecule has 126 valence electrons. The molecule has 0 amide bonds. The average Bonchev–Trinajstić information content (AvgIpc) is 3.26. The quantitative estimate of drug-likeness (QED) is 0.670. The van der Waals surface area contributed by atoms with E-state index >= 15 is 0 Å². The molecule has 3 aromatic rings. The number of H-pyrrole nitrogens is 1. The summed E-state index contributed by atoms with van der Waals surface area (Å²) in [4.78, 5) is 3.42. The molecular weight excluding hydrogens is 302 g/mol. The van der Waals surface area contributed by atoms with E-state index in [0.717, 1.165) is 37.3 Å². The maximum atomic E-state index is 10.4. The first kappa shape index (κ1) is 15.4. The standard InChI is InChI=1S/C18H23N5O/c1-23-11-20-22-18(23)13-6-14(17(24)8-13)9-19-10-15-7-12-4-2-3-5-16(12)21-15/h2-5,7,11,13-14,17,19,21,24H,6,8-10H2,1H3/t13-,14+,17+/m0/s1. The summed E-state index contributed by atoms with van der Waals surface area (Å²) in [6.07, 6.45) is 3.17. The fourth-order valence-electron chi connectivity index (χ4n) is 3.82. The first-order valence-electron chi connectivity index (χ1n) is 8.50. The normalized spacial score (nSPS) is 24.0. The second-order valence-electron chi connectivity index (χ2n) is 6.81. The van der Waals surface area contributed by atoms with Gasteiger partial charge in [-0.05, 0) is 36.3 Å². The Morgan fingerprint density at radius 3 is 3.00 bits per heavy atom. The maximum Gasteiger partial charge on any atom is 0.135 e. The molecule has 24 heavy (non-hydrogen) atoms. The minimum Gasteiger partial charge on any atom is -0.393 e. The van der Waals surface area contributed by atoms with Crippen LogP contribution >= 0.6 is 0 Å². The molecular formula is C18H23N5O. The highest BCUT2D eigenvalue weighted by Gasteiger charge is 2.35. The van der Waals surface area contributed by atoms with E-state index in [1.165, 1.54) is 11.1 Å². The van der Waals surface area contributed by atoms with Crippen LogP contribution in [0.5, 0.6) is 0 Å². The van der Waals surface area contributed by atoms with Crippen LogP contribution in [0.15, 0.2) is 36.7 Å². The first-order valence-corrected chi connectivity index (χ1v) is 8.50. The van der Waals surface area contributed by atoms with Gasteiger partial charge in [0.15, 0.2) is 0 Å². The molecule has 1 saturated carbocycles. The Kier molecular flexibility index (Phi) is 4.08. The van der Waals surface area contributed by atoms with Crippen LogP contribution in [-0.2, 0) is 13.6 Å². The van der Waals surface area contributed by atoms with Crippen molar-refractivity contribution >= 4 is 10.9 Å². The lowest BCUT2D eigenvalue weighted by atomic mass is 10.0. The third-order valence-electron chi connectivity index (χ3n) is 5.08. The average molecular weight is 325 g/mol. The van der Waals surface area contributed by atoms with Crippen molar-refractivity contribution in [1.29, 1.82) is 0 Å². The number of para-hydroxylation sites is 1. The molecule has 2 aromatic heterocycles. The fourth-order valence-corrected chi connectivity index (χ4v) is 3.82. The third-order valence-corrected chi connectivity index (χ3v) is 5.08. The topological polar surface area (TPSA) is 78.8 Å². The molecule has 0 bridgehead atoms. The largest absolute Gasteiger partial charge is 0.393 e. The predicted molar refractivity (Wildman–Crippen MR) is 92.5 cm³/mol. The molecule has 1 aliphatic carbocycles. The molecule has 0 aliphatic heterocycles. The number of aromatic nitrogens is 4. The number of aromatic amines is 1. The summed E-state index contributed by atoms with van der Waals surface area (Å²) in [5, 5.41) is 23.2. The van der Waals surface area contributed by atoms with Gasteiger partial charge >= 0.3 is 0 Å². The van der Waals surface area contributed by atoms with E-state index in [1.807, 2.05) is 17.7 Å². The number of nitrogens with one attached hydrogen (secondary N) is 2. The van der Waals surface area contributed by atoms with Crippen LogP contribution in [0.4, 0.5) is 0 Å². The van der Waals surface area contributed by atoms with E-state index in [4.69, 9.17) is 0 Å². The number of fused-ring (bicyclic) bond motifs is 1. The van der Waals surface area contributed by atoms with Crippen molar-refractivity contribution in [3.63, 3.8) is 0 Å². The Labute approximate surface area is 140 Å². The van der Waals surface area contributed by atoms with Crippen LogP contribution in [0.3, 0.4) is 0 Å². The van der Waals surface area contributed by atoms with Crippen molar-refractivity contribution in [3.05, 3.63) is 48.2 Å². The second-order valence-corrected chi connectivity index (χ2v) is 6.81. The SMILES string of the molecule is Cn1cnnc1[C@H]1C[C@H](CNCc2cc3ccccc3[nH]2)[C@H](O)C1. The first-order chi connectivity index (χ1) is 11.7. The lowest BCUT2D eigenvalue weighted by Crippen LogP contribution is -2.27. The van der Waals surface area contributed by atoms with Gasteiger partial charge in [0, 0.05) is 37.3 Å². The van der Waals surface area contributed by atoms with Crippen LogP contribution in [0.25, 0.3) is 10.9 Å². The molecule has 0 spiro atoms. The number of hydrogen-bond donors (Lipinski definition) is 3. The summed E-state index contributed by atoms with van der Waals surface area (Å²) in [5.41, 5.74) is 2.34. The minimum absolute atomic E-state index is 0.260. The Bertz CT molecular complexity index is 791. The van der Waals surface area contributed by atoms with E-state index in [9.17, 15) is 5.11 Å². The van der Waals surface area contributed by atoms with Gasteiger partial charge in [-0.3, -0.25) is 0 Å². The molecule has 0 unspecified atom stereocenters. The lowest BCUT2D eigenvalue weighted by molar-refractivity contribution is 0.131. The van der Waals surface area contributed by atoms with E-state index in [1.54, 1.807) is 6.33 Å².